The van der Waals surface area contributed by atoms with Crippen LogP contribution in [0.5, 0.6) is 0 Å². The summed E-state index contributed by atoms with van der Waals surface area (Å²) in [6.07, 6.45) is 3.21. The van der Waals surface area contributed by atoms with Crippen molar-refractivity contribution in [1.29, 1.82) is 0 Å². The largest absolute Gasteiger partial charge is 0.396 e. The van der Waals surface area contributed by atoms with Gasteiger partial charge in [-0.1, -0.05) is 0 Å². The van der Waals surface area contributed by atoms with Gasteiger partial charge in [-0.3, -0.25) is 0 Å². The Morgan fingerprint density at radius 3 is 2.79 bits per heavy atom. The van der Waals surface area contributed by atoms with E-state index in [1.165, 1.54) is 9.75 Å². The van der Waals surface area contributed by atoms with Crippen LogP contribution in [0.15, 0.2) is 12.1 Å². The summed E-state index contributed by atoms with van der Waals surface area (Å²) in [6, 6.07) is 4.34. The lowest BCUT2D eigenvalue weighted by atomic mass is 10.2. The van der Waals surface area contributed by atoms with Crippen molar-refractivity contribution in [3.63, 3.8) is 0 Å². The molecule has 0 fully saturated rings. The Labute approximate surface area is 90.0 Å². The number of aliphatic hydroxyl groups is 1. The molecular weight excluding hydrogens is 194 g/mol. The van der Waals surface area contributed by atoms with Crippen LogP contribution >= 0.6 is 11.3 Å². The average Bonchev–Trinajstić information content (AvgIpc) is 2.58. The van der Waals surface area contributed by atoms with Crippen LogP contribution < -0.4 is 5.32 Å². The molecule has 1 aromatic heterocycles. The summed E-state index contributed by atoms with van der Waals surface area (Å²) < 4.78 is 0. The van der Waals surface area contributed by atoms with Crippen LogP contribution in [0.2, 0.25) is 0 Å². The van der Waals surface area contributed by atoms with Crippen LogP contribution in [-0.4, -0.2) is 18.3 Å². The van der Waals surface area contributed by atoms with Crippen molar-refractivity contribution in [3.05, 3.63) is 21.9 Å². The van der Waals surface area contributed by atoms with Crippen molar-refractivity contribution >= 4 is 11.3 Å². The second kappa shape index (κ2) is 6.98. The summed E-state index contributed by atoms with van der Waals surface area (Å²) in [5.74, 6) is 0. The second-order valence-electron chi connectivity index (χ2n) is 3.47. The number of hydrogen-bond acceptors (Lipinski definition) is 3. The Balaban J connectivity index is 1.99. The van der Waals surface area contributed by atoms with Crippen molar-refractivity contribution in [3.8, 4) is 0 Å². The van der Waals surface area contributed by atoms with Gasteiger partial charge in [0.15, 0.2) is 0 Å². The number of hydrogen-bond donors (Lipinski definition) is 2. The molecule has 0 aliphatic rings. The van der Waals surface area contributed by atoms with E-state index in [1.807, 2.05) is 11.3 Å². The van der Waals surface area contributed by atoms with Crippen molar-refractivity contribution in [2.75, 3.05) is 13.2 Å². The fourth-order valence-electron chi connectivity index (χ4n) is 1.33. The molecule has 2 N–H and O–H groups in total. The van der Waals surface area contributed by atoms with E-state index in [1.54, 1.807) is 0 Å². The first-order valence-corrected chi connectivity index (χ1v) is 6.01. The zero-order valence-electron chi connectivity index (χ0n) is 8.75. The third-order valence-electron chi connectivity index (χ3n) is 2.11. The number of rotatable bonds is 7. The predicted molar refractivity (Wildman–Crippen MR) is 61.7 cm³/mol. The molecule has 0 amide bonds. The fraction of sp³-hybridized carbons (Fsp3) is 0.636. The number of nitrogens with one attached hydrogen (secondary N) is 1. The highest BCUT2D eigenvalue weighted by molar-refractivity contribution is 7.11. The molecular formula is C11H19NOS. The minimum absolute atomic E-state index is 0.324. The molecule has 2 nitrogen and oxygen atoms in total. The van der Waals surface area contributed by atoms with Crippen LogP contribution in [-0.2, 0) is 6.54 Å². The summed E-state index contributed by atoms with van der Waals surface area (Å²) in [5, 5.41) is 12.0. The van der Waals surface area contributed by atoms with Gasteiger partial charge < -0.3 is 10.4 Å². The van der Waals surface area contributed by atoms with Crippen LogP contribution in [0, 0.1) is 6.92 Å². The van der Waals surface area contributed by atoms with E-state index in [9.17, 15) is 0 Å². The monoisotopic (exact) mass is 213 g/mol. The molecule has 0 aliphatic heterocycles. The Bertz CT molecular complexity index is 247. The predicted octanol–water partition coefficient (Wildman–Crippen LogP) is 2.31. The first-order chi connectivity index (χ1) is 6.83. The Morgan fingerprint density at radius 1 is 1.29 bits per heavy atom. The van der Waals surface area contributed by atoms with E-state index in [0.29, 0.717) is 6.61 Å². The maximum absolute atomic E-state index is 8.58. The van der Waals surface area contributed by atoms with Gasteiger partial charge in [-0.2, -0.15) is 0 Å². The molecule has 0 aromatic carbocycles. The highest BCUT2D eigenvalue weighted by Crippen LogP contribution is 2.14. The lowest BCUT2D eigenvalue weighted by molar-refractivity contribution is 0.283. The van der Waals surface area contributed by atoms with Crippen LogP contribution in [0.25, 0.3) is 0 Å². The highest BCUT2D eigenvalue weighted by atomic mass is 32.1. The smallest absolute Gasteiger partial charge is 0.0431 e. The zero-order chi connectivity index (χ0) is 10.2. The third kappa shape index (κ3) is 4.74. The van der Waals surface area contributed by atoms with Crippen LogP contribution in [0.4, 0.5) is 0 Å². The molecule has 0 unspecified atom stereocenters. The van der Waals surface area contributed by atoms with Crippen molar-refractivity contribution in [1.82, 2.24) is 5.32 Å². The minimum Gasteiger partial charge on any atom is -0.396 e. The van der Waals surface area contributed by atoms with Gasteiger partial charge in [0.05, 0.1) is 0 Å². The lowest BCUT2D eigenvalue weighted by Crippen LogP contribution is -2.13. The zero-order valence-corrected chi connectivity index (χ0v) is 9.57. The lowest BCUT2D eigenvalue weighted by Gasteiger charge is -2.01. The topological polar surface area (TPSA) is 32.3 Å². The number of thiophene rings is 1. The van der Waals surface area contributed by atoms with Crippen LogP contribution in [0.1, 0.15) is 29.0 Å². The average molecular weight is 213 g/mol. The quantitative estimate of drug-likeness (QED) is 0.681. The third-order valence-corrected chi connectivity index (χ3v) is 3.11. The van der Waals surface area contributed by atoms with E-state index < -0.39 is 0 Å². The first-order valence-electron chi connectivity index (χ1n) is 5.20. The van der Waals surface area contributed by atoms with Crippen LogP contribution in [0.3, 0.4) is 0 Å². The second-order valence-corrected chi connectivity index (χ2v) is 4.85. The van der Waals surface area contributed by atoms with Gasteiger partial charge >= 0.3 is 0 Å². The summed E-state index contributed by atoms with van der Waals surface area (Å²) >= 11 is 1.85. The highest BCUT2D eigenvalue weighted by Gasteiger charge is 1.95. The molecule has 0 atom stereocenters. The maximum Gasteiger partial charge on any atom is 0.0431 e. The molecule has 0 aliphatic carbocycles. The summed E-state index contributed by atoms with van der Waals surface area (Å²) in [5.41, 5.74) is 0. The maximum atomic E-state index is 8.58. The van der Waals surface area contributed by atoms with Gasteiger partial charge in [-0.05, 0) is 44.9 Å². The fourth-order valence-corrected chi connectivity index (χ4v) is 2.19. The number of unbranched alkanes of at least 4 members (excludes halogenated alkanes) is 2. The van der Waals surface area contributed by atoms with Gasteiger partial charge in [-0.25, -0.2) is 0 Å². The van der Waals surface area contributed by atoms with E-state index >= 15 is 0 Å². The van der Waals surface area contributed by atoms with E-state index in [-0.39, 0.29) is 0 Å². The normalized spacial score (nSPS) is 10.7. The molecule has 0 spiro atoms. The van der Waals surface area contributed by atoms with Crippen molar-refractivity contribution < 1.29 is 5.11 Å². The molecule has 1 aromatic rings. The summed E-state index contributed by atoms with van der Waals surface area (Å²) in [4.78, 5) is 2.78. The molecule has 80 valence electrons. The van der Waals surface area contributed by atoms with Gasteiger partial charge in [0.25, 0.3) is 0 Å². The summed E-state index contributed by atoms with van der Waals surface area (Å²) in [7, 11) is 0. The Hall–Kier alpha value is -0.380. The Morgan fingerprint density at radius 2 is 2.14 bits per heavy atom. The molecule has 1 rings (SSSR count). The standard InChI is InChI=1S/C11H19NOS/c1-10-5-6-11(14-10)9-12-7-3-2-4-8-13/h5-6,12-13H,2-4,7-9H2,1H3. The van der Waals surface area contributed by atoms with Crippen molar-refractivity contribution in [2.45, 2.75) is 32.7 Å². The van der Waals surface area contributed by atoms with Gasteiger partial charge in [0, 0.05) is 22.9 Å². The first kappa shape index (κ1) is 11.7. The number of aliphatic hydroxyl groups excluding tert-OH is 1. The van der Waals surface area contributed by atoms with E-state index in [2.05, 4.69) is 24.4 Å². The number of aryl methyl sites for hydroxylation is 1. The molecule has 0 saturated carbocycles. The Kier molecular flexibility index (Phi) is 5.83. The van der Waals surface area contributed by atoms with Gasteiger partial charge in [0.2, 0.25) is 0 Å². The minimum atomic E-state index is 0.324. The van der Waals surface area contributed by atoms with Gasteiger partial charge in [-0.15, -0.1) is 11.3 Å². The SMILES string of the molecule is Cc1ccc(CNCCCCCO)s1. The summed E-state index contributed by atoms with van der Waals surface area (Å²) in [6.45, 7) is 4.49. The van der Waals surface area contributed by atoms with Gasteiger partial charge in [0.1, 0.15) is 0 Å². The van der Waals surface area contributed by atoms with Crippen molar-refractivity contribution in [2.24, 2.45) is 0 Å². The molecule has 1 heterocycles. The molecule has 0 radical (unpaired) electrons. The molecule has 14 heavy (non-hydrogen) atoms. The molecule has 0 saturated heterocycles. The van der Waals surface area contributed by atoms with E-state index in [4.69, 9.17) is 5.11 Å². The van der Waals surface area contributed by atoms with E-state index in [0.717, 1.165) is 32.4 Å². The molecule has 3 heteroatoms. The molecule has 0 bridgehead atoms.